The van der Waals surface area contributed by atoms with Crippen LogP contribution in [0.1, 0.15) is 18.7 Å². The van der Waals surface area contributed by atoms with E-state index >= 15 is 0 Å². The van der Waals surface area contributed by atoms with Crippen molar-refractivity contribution in [2.24, 2.45) is 0 Å². The number of rotatable bonds is 5. The molecule has 6 nitrogen and oxygen atoms in total. The number of para-hydroxylation sites is 1. The first-order valence-corrected chi connectivity index (χ1v) is 6.70. The predicted octanol–water partition coefficient (Wildman–Crippen LogP) is 0.291. The van der Waals surface area contributed by atoms with E-state index in [1.165, 1.54) is 0 Å². The Balaban J connectivity index is 1.62. The molecule has 1 aliphatic carbocycles. The van der Waals surface area contributed by atoms with E-state index in [-0.39, 0.29) is 18.0 Å². The summed E-state index contributed by atoms with van der Waals surface area (Å²) in [6.07, 6.45) is 2.15. The Morgan fingerprint density at radius 1 is 1.35 bits per heavy atom. The first kappa shape index (κ1) is 12.8. The predicted molar refractivity (Wildman–Crippen MR) is 75.2 cm³/mol. The lowest BCUT2D eigenvalue weighted by molar-refractivity contribution is -0.120. The van der Waals surface area contributed by atoms with Crippen molar-refractivity contribution in [3.63, 3.8) is 0 Å². The highest BCUT2D eigenvalue weighted by Gasteiger charge is 2.22. The lowest BCUT2D eigenvalue weighted by atomic mass is 10.2. The van der Waals surface area contributed by atoms with Crippen LogP contribution in [-0.2, 0) is 11.3 Å². The first-order valence-electron chi connectivity index (χ1n) is 6.70. The maximum Gasteiger partial charge on any atom is 0.258 e. The second-order valence-corrected chi connectivity index (χ2v) is 4.98. The largest absolute Gasteiger partial charge is 0.352 e. The summed E-state index contributed by atoms with van der Waals surface area (Å²) in [5, 5.41) is 6.44. The van der Waals surface area contributed by atoms with Crippen molar-refractivity contribution >= 4 is 16.8 Å². The van der Waals surface area contributed by atoms with Gasteiger partial charge in [0.1, 0.15) is 5.82 Å². The van der Waals surface area contributed by atoms with E-state index in [4.69, 9.17) is 0 Å². The summed E-state index contributed by atoms with van der Waals surface area (Å²) < 4.78 is 0. The van der Waals surface area contributed by atoms with Gasteiger partial charge in [-0.1, -0.05) is 12.1 Å². The average molecular weight is 272 g/mol. The maximum atomic E-state index is 11.8. The lowest BCUT2D eigenvalue weighted by Gasteiger charge is -2.06. The van der Waals surface area contributed by atoms with Gasteiger partial charge in [-0.15, -0.1) is 0 Å². The van der Waals surface area contributed by atoms with Crippen LogP contribution in [0.2, 0.25) is 0 Å². The molecule has 6 heteroatoms. The third kappa shape index (κ3) is 3.03. The second-order valence-electron chi connectivity index (χ2n) is 4.98. The fraction of sp³-hybridized carbons (Fsp3) is 0.357. The Morgan fingerprint density at radius 2 is 2.15 bits per heavy atom. The molecule has 104 valence electrons. The van der Waals surface area contributed by atoms with E-state index in [1.807, 2.05) is 6.07 Å². The van der Waals surface area contributed by atoms with Gasteiger partial charge in [0, 0.05) is 6.04 Å². The monoisotopic (exact) mass is 272 g/mol. The van der Waals surface area contributed by atoms with Gasteiger partial charge in [0.15, 0.2) is 0 Å². The van der Waals surface area contributed by atoms with Crippen molar-refractivity contribution in [1.82, 2.24) is 20.6 Å². The molecule has 0 aliphatic heterocycles. The Hall–Kier alpha value is -2.21. The smallest absolute Gasteiger partial charge is 0.258 e. The molecule has 1 heterocycles. The van der Waals surface area contributed by atoms with Gasteiger partial charge in [-0.05, 0) is 25.0 Å². The molecule has 1 fully saturated rings. The number of hydrogen-bond acceptors (Lipinski definition) is 4. The third-order valence-electron chi connectivity index (χ3n) is 3.18. The highest BCUT2D eigenvalue weighted by molar-refractivity contribution is 5.78. The minimum absolute atomic E-state index is 0.0179. The summed E-state index contributed by atoms with van der Waals surface area (Å²) >= 11 is 0. The third-order valence-corrected chi connectivity index (χ3v) is 3.18. The Labute approximate surface area is 115 Å². The number of carbonyl (C=O) groups excluding carboxylic acids is 1. The van der Waals surface area contributed by atoms with E-state index in [0.29, 0.717) is 29.3 Å². The molecule has 0 spiro atoms. The molecule has 0 radical (unpaired) electrons. The van der Waals surface area contributed by atoms with E-state index in [2.05, 4.69) is 20.6 Å². The number of nitrogens with one attached hydrogen (secondary N) is 3. The zero-order valence-corrected chi connectivity index (χ0v) is 11.0. The minimum Gasteiger partial charge on any atom is -0.352 e. The number of nitrogens with zero attached hydrogens (tertiary/aromatic N) is 1. The number of amides is 1. The number of benzene rings is 1. The van der Waals surface area contributed by atoms with E-state index in [9.17, 15) is 9.59 Å². The highest BCUT2D eigenvalue weighted by Crippen LogP contribution is 2.18. The maximum absolute atomic E-state index is 11.8. The number of H-pyrrole nitrogens is 1. The van der Waals surface area contributed by atoms with Gasteiger partial charge in [0.05, 0.1) is 24.0 Å². The standard InChI is InChI=1S/C14H16N4O2/c19-13(16-9-5-6-9)8-15-7-12-17-11-4-2-1-3-10(11)14(20)18-12/h1-4,9,15H,5-8H2,(H,16,19)(H,17,18,20). The Bertz CT molecular complexity index is 691. The quantitative estimate of drug-likeness (QED) is 0.730. The van der Waals surface area contributed by atoms with Crippen LogP contribution in [0.4, 0.5) is 0 Å². The molecule has 1 amide bonds. The van der Waals surface area contributed by atoms with E-state index in [1.54, 1.807) is 18.2 Å². The fourth-order valence-corrected chi connectivity index (χ4v) is 2.02. The van der Waals surface area contributed by atoms with E-state index in [0.717, 1.165) is 12.8 Å². The molecule has 0 atom stereocenters. The lowest BCUT2D eigenvalue weighted by Crippen LogP contribution is -2.35. The van der Waals surface area contributed by atoms with Gasteiger partial charge in [-0.3, -0.25) is 9.59 Å². The van der Waals surface area contributed by atoms with Crippen LogP contribution in [0.3, 0.4) is 0 Å². The fourth-order valence-electron chi connectivity index (χ4n) is 2.02. The molecule has 0 unspecified atom stereocenters. The van der Waals surface area contributed by atoms with Crippen LogP contribution < -0.4 is 16.2 Å². The summed E-state index contributed by atoms with van der Waals surface area (Å²) in [7, 11) is 0. The van der Waals surface area contributed by atoms with Crippen molar-refractivity contribution in [2.75, 3.05) is 6.54 Å². The van der Waals surface area contributed by atoms with E-state index < -0.39 is 0 Å². The van der Waals surface area contributed by atoms with Gasteiger partial charge in [-0.25, -0.2) is 4.98 Å². The van der Waals surface area contributed by atoms with Gasteiger partial charge in [0.2, 0.25) is 5.91 Å². The molecule has 1 saturated carbocycles. The van der Waals surface area contributed by atoms with Crippen LogP contribution in [-0.4, -0.2) is 28.5 Å². The summed E-state index contributed by atoms with van der Waals surface area (Å²) in [6.45, 7) is 0.588. The average Bonchev–Trinajstić information content (AvgIpc) is 3.23. The minimum atomic E-state index is -0.158. The second kappa shape index (κ2) is 5.42. The molecule has 1 aromatic heterocycles. The molecule has 1 aromatic carbocycles. The number of carbonyl (C=O) groups is 1. The summed E-state index contributed by atoms with van der Waals surface area (Å²) in [4.78, 5) is 30.4. The van der Waals surface area contributed by atoms with Crippen LogP contribution in [0.25, 0.3) is 10.9 Å². The normalized spacial score (nSPS) is 14.4. The summed E-state index contributed by atoms with van der Waals surface area (Å²) in [5.74, 6) is 0.517. The van der Waals surface area contributed by atoms with Crippen molar-refractivity contribution in [3.05, 3.63) is 40.4 Å². The topological polar surface area (TPSA) is 86.9 Å². The van der Waals surface area contributed by atoms with Gasteiger partial charge in [-0.2, -0.15) is 0 Å². The zero-order chi connectivity index (χ0) is 13.9. The van der Waals surface area contributed by atoms with Crippen molar-refractivity contribution in [2.45, 2.75) is 25.4 Å². The SMILES string of the molecule is O=C(CNCc1nc2ccccc2c(=O)[nH]1)NC1CC1. The zero-order valence-electron chi connectivity index (χ0n) is 11.0. The molecule has 1 aliphatic rings. The molecule has 2 aromatic rings. The van der Waals surface area contributed by atoms with Crippen molar-refractivity contribution in [1.29, 1.82) is 0 Å². The van der Waals surface area contributed by atoms with Gasteiger partial charge >= 0.3 is 0 Å². The highest BCUT2D eigenvalue weighted by atomic mass is 16.2. The summed E-state index contributed by atoms with van der Waals surface area (Å²) in [5.41, 5.74) is 0.505. The Morgan fingerprint density at radius 3 is 2.95 bits per heavy atom. The number of fused-ring (bicyclic) bond motifs is 1. The van der Waals surface area contributed by atoms with Crippen molar-refractivity contribution < 1.29 is 4.79 Å². The molecular weight excluding hydrogens is 256 g/mol. The van der Waals surface area contributed by atoms with Gasteiger partial charge < -0.3 is 15.6 Å². The number of aromatic amines is 1. The van der Waals surface area contributed by atoms with Crippen LogP contribution in [0, 0.1) is 0 Å². The summed E-state index contributed by atoms with van der Waals surface area (Å²) in [6, 6.07) is 7.55. The van der Waals surface area contributed by atoms with Gasteiger partial charge in [0.25, 0.3) is 5.56 Å². The Kier molecular flexibility index (Phi) is 3.47. The molecule has 0 bridgehead atoms. The first-order chi connectivity index (χ1) is 9.72. The van der Waals surface area contributed by atoms with Crippen LogP contribution in [0.5, 0.6) is 0 Å². The molecule has 3 rings (SSSR count). The molecule has 0 saturated heterocycles. The van der Waals surface area contributed by atoms with Crippen molar-refractivity contribution in [3.8, 4) is 0 Å². The molecule has 3 N–H and O–H groups in total. The number of aromatic nitrogens is 2. The molecular formula is C14H16N4O2. The van der Waals surface area contributed by atoms with Crippen LogP contribution >= 0.6 is 0 Å². The molecule has 20 heavy (non-hydrogen) atoms. The number of hydrogen-bond donors (Lipinski definition) is 3. The van der Waals surface area contributed by atoms with Crippen LogP contribution in [0.15, 0.2) is 29.1 Å².